The molecule has 2 N–H and O–H groups in total. The molecule has 1 amide bonds. The number of hydrogen-bond donors (Lipinski definition) is 2. The number of carbonyl (C=O) groups excluding carboxylic acids is 1. The van der Waals surface area contributed by atoms with Crippen molar-refractivity contribution < 1.29 is 9.18 Å². The zero-order valence-corrected chi connectivity index (χ0v) is 23.0. The Bertz CT molecular complexity index is 1610. The molecule has 198 valence electrons. The molecule has 6 heteroatoms. The number of alkyl halides is 1. The number of allylic oxidation sites excluding steroid dienone is 5. The maximum absolute atomic E-state index is 13.9. The van der Waals surface area contributed by atoms with Crippen molar-refractivity contribution in [1.29, 1.82) is 0 Å². The number of imidazole rings is 1. The highest BCUT2D eigenvalue weighted by molar-refractivity contribution is 6.26. The largest absolute Gasteiger partial charge is 0.324 e. The highest BCUT2D eigenvalue weighted by Crippen LogP contribution is 2.41. The third-order valence-corrected chi connectivity index (χ3v) is 7.17. The van der Waals surface area contributed by atoms with Gasteiger partial charge in [0.1, 0.15) is 5.82 Å². The van der Waals surface area contributed by atoms with Gasteiger partial charge in [-0.25, -0.2) is 9.37 Å². The molecule has 3 aromatic carbocycles. The van der Waals surface area contributed by atoms with Crippen molar-refractivity contribution >= 4 is 34.2 Å². The van der Waals surface area contributed by atoms with Gasteiger partial charge in [-0.3, -0.25) is 10.1 Å². The number of hydrogen-bond acceptors (Lipinski definition) is 2. The summed E-state index contributed by atoms with van der Waals surface area (Å²) in [5.41, 5.74) is 5.26. The third-order valence-electron chi connectivity index (χ3n) is 6.72. The summed E-state index contributed by atoms with van der Waals surface area (Å²) in [6.45, 7) is 13.5. The van der Waals surface area contributed by atoms with Crippen LogP contribution in [-0.4, -0.2) is 15.9 Å². The summed E-state index contributed by atoms with van der Waals surface area (Å²) in [5, 5.41) is 3.94. The molecule has 1 aliphatic carbocycles. The summed E-state index contributed by atoms with van der Waals surface area (Å²) >= 11 is 6.69. The molecule has 4 aromatic rings. The number of halogens is 2. The van der Waals surface area contributed by atoms with E-state index in [1.54, 1.807) is 31.3 Å². The summed E-state index contributed by atoms with van der Waals surface area (Å²) in [7, 11) is 0. The molecule has 1 aliphatic rings. The van der Waals surface area contributed by atoms with Crippen LogP contribution in [0.4, 0.5) is 10.3 Å². The first-order valence-corrected chi connectivity index (χ1v) is 13.0. The lowest BCUT2D eigenvalue weighted by Crippen LogP contribution is -2.18. The number of aromatic amines is 1. The van der Waals surface area contributed by atoms with Gasteiger partial charge in [-0.1, -0.05) is 92.9 Å². The zero-order chi connectivity index (χ0) is 28.2. The average molecular weight is 540 g/mol. The Hall–Kier alpha value is -4.22. The Kier molecular flexibility index (Phi) is 8.32. The highest BCUT2D eigenvalue weighted by Gasteiger charge is 2.29. The second-order valence-electron chi connectivity index (χ2n) is 9.67. The molecular formula is C33H31ClFN3O. The van der Waals surface area contributed by atoms with Gasteiger partial charge in [0.05, 0.1) is 16.8 Å². The van der Waals surface area contributed by atoms with Crippen LogP contribution in [0.25, 0.3) is 22.0 Å². The molecule has 39 heavy (non-hydrogen) atoms. The van der Waals surface area contributed by atoms with Crippen LogP contribution in [0.5, 0.6) is 0 Å². The van der Waals surface area contributed by atoms with Crippen LogP contribution in [-0.2, 0) is 9.67 Å². The molecule has 5 rings (SSSR count). The zero-order valence-electron chi connectivity index (χ0n) is 22.3. The lowest BCUT2D eigenvalue weighted by atomic mass is 9.85. The van der Waals surface area contributed by atoms with Gasteiger partial charge in [0.25, 0.3) is 5.91 Å². The SMILES string of the molecule is C=C(C)C(=O)Nc1ncc(-c2ccc(F)c3ccccc23)[nH]1.C=C1/C=C\C=C/C(C)c2ccccc2C1(C)Cl. The van der Waals surface area contributed by atoms with Gasteiger partial charge in [0.2, 0.25) is 5.95 Å². The summed E-state index contributed by atoms with van der Waals surface area (Å²) in [6.07, 6.45) is 9.84. The van der Waals surface area contributed by atoms with E-state index >= 15 is 0 Å². The maximum Gasteiger partial charge on any atom is 0.253 e. The van der Waals surface area contributed by atoms with Gasteiger partial charge < -0.3 is 4.98 Å². The van der Waals surface area contributed by atoms with Gasteiger partial charge in [-0.2, -0.15) is 0 Å². The molecule has 0 spiro atoms. The lowest BCUT2D eigenvalue weighted by molar-refractivity contribution is -0.112. The van der Waals surface area contributed by atoms with E-state index in [0.717, 1.165) is 22.1 Å². The second-order valence-corrected chi connectivity index (χ2v) is 10.4. The standard InChI is InChI=1S/C17H14FN3O.C16H17Cl/c1-10(2)16(22)21-17-19-9-15(20-17)13-7-8-14(18)12-6-4-3-5-11(12)13;1-12-8-4-5-9-13(2)16(3,17)15-11-7-6-10-14(12)15/h3-9H,1H2,2H3,(H2,19,20,21,22);4-12H,2H2,1,3H3/b;8-4-,9-5-. The molecule has 4 nitrogen and oxygen atoms in total. The minimum absolute atomic E-state index is 0.269. The van der Waals surface area contributed by atoms with E-state index in [1.807, 2.05) is 37.3 Å². The van der Waals surface area contributed by atoms with Gasteiger partial charge in [-0.15, -0.1) is 11.6 Å². The molecule has 2 atom stereocenters. The first-order chi connectivity index (χ1) is 18.6. The second kappa shape index (κ2) is 11.7. The summed E-state index contributed by atoms with van der Waals surface area (Å²) in [6, 6.07) is 18.7. The van der Waals surface area contributed by atoms with Gasteiger partial charge >= 0.3 is 0 Å². The van der Waals surface area contributed by atoms with E-state index in [-0.39, 0.29) is 11.7 Å². The minimum atomic E-state index is -0.534. The first-order valence-electron chi connectivity index (χ1n) is 12.6. The van der Waals surface area contributed by atoms with Gasteiger partial charge in [0, 0.05) is 16.5 Å². The Labute approximate surface area is 233 Å². The van der Waals surface area contributed by atoms with Crippen molar-refractivity contribution in [3.05, 3.63) is 132 Å². The van der Waals surface area contributed by atoms with Crippen LogP contribution < -0.4 is 5.32 Å². The van der Waals surface area contributed by atoms with Crippen LogP contribution in [0.3, 0.4) is 0 Å². The van der Waals surface area contributed by atoms with Crippen molar-refractivity contribution in [2.75, 3.05) is 5.32 Å². The van der Waals surface area contributed by atoms with Crippen LogP contribution >= 0.6 is 11.6 Å². The number of aromatic nitrogens is 2. The molecule has 1 aromatic heterocycles. The van der Waals surface area contributed by atoms with Gasteiger partial charge in [0.15, 0.2) is 0 Å². The fraction of sp³-hybridized carbons (Fsp3) is 0.152. The van der Waals surface area contributed by atoms with Crippen LogP contribution in [0.1, 0.15) is 37.8 Å². The number of fused-ring (bicyclic) bond motifs is 2. The predicted octanol–water partition coefficient (Wildman–Crippen LogP) is 8.81. The fourth-order valence-electron chi connectivity index (χ4n) is 4.39. The minimum Gasteiger partial charge on any atom is -0.324 e. The summed E-state index contributed by atoms with van der Waals surface area (Å²) < 4.78 is 13.9. The smallest absolute Gasteiger partial charge is 0.253 e. The Morgan fingerprint density at radius 1 is 1.08 bits per heavy atom. The molecular weight excluding hydrogens is 509 g/mol. The summed E-state index contributed by atoms with van der Waals surface area (Å²) in [5.74, 6) is 0.121. The van der Waals surface area contributed by atoms with Crippen molar-refractivity contribution in [1.82, 2.24) is 9.97 Å². The Balaban J connectivity index is 0.000000187. The molecule has 2 unspecified atom stereocenters. The molecule has 0 radical (unpaired) electrons. The average Bonchev–Trinajstić information content (AvgIpc) is 3.40. The molecule has 0 aliphatic heterocycles. The fourth-order valence-corrected chi connectivity index (χ4v) is 4.63. The maximum atomic E-state index is 13.9. The molecule has 0 saturated carbocycles. The van der Waals surface area contributed by atoms with E-state index in [0.29, 0.717) is 28.5 Å². The number of rotatable bonds is 3. The van der Waals surface area contributed by atoms with E-state index in [9.17, 15) is 9.18 Å². The molecule has 1 heterocycles. The normalized spacial score (nSPS) is 19.9. The third kappa shape index (κ3) is 6.10. The van der Waals surface area contributed by atoms with Crippen LogP contribution in [0, 0.1) is 5.82 Å². The molecule has 0 saturated heterocycles. The first kappa shape index (κ1) is 27.8. The topological polar surface area (TPSA) is 57.8 Å². The van der Waals surface area contributed by atoms with Crippen LogP contribution in [0.2, 0.25) is 0 Å². The monoisotopic (exact) mass is 539 g/mol. The van der Waals surface area contributed by atoms with Crippen molar-refractivity contribution in [3.8, 4) is 11.3 Å². The molecule has 0 fully saturated rings. The number of nitrogens with zero attached hydrogens (tertiary/aromatic N) is 1. The quantitative estimate of drug-likeness (QED) is 0.202. The molecule has 0 bridgehead atoms. The van der Waals surface area contributed by atoms with Crippen molar-refractivity contribution in [2.24, 2.45) is 0 Å². The number of carbonyl (C=O) groups is 1. The summed E-state index contributed by atoms with van der Waals surface area (Å²) in [4.78, 5) is 18.2. The lowest BCUT2D eigenvalue weighted by Gasteiger charge is -2.27. The number of H-pyrrole nitrogens is 1. The van der Waals surface area contributed by atoms with Crippen molar-refractivity contribution in [3.63, 3.8) is 0 Å². The van der Waals surface area contributed by atoms with Crippen molar-refractivity contribution in [2.45, 2.75) is 31.6 Å². The van der Waals surface area contributed by atoms with E-state index in [2.05, 4.69) is 65.7 Å². The number of nitrogens with one attached hydrogen (secondary N) is 2. The van der Waals surface area contributed by atoms with E-state index in [4.69, 9.17) is 11.6 Å². The Morgan fingerprint density at radius 3 is 2.51 bits per heavy atom. The van der Waals surface area contributed by atoms with Crippen LogP contribution in [0.15, 0.2) is 115 Å². The predicted molar refractivity (Wildman–Crippen MR) is 160 cm³/mol. The highest BCUT2D eigenvalue weighted by atomic mass is 35.5. The number of amides is 1. The van der Waals surface area contributed by atoms with E-state index in [1.165, 1.54) is 11.6 Å². The van der Waals surface area contributed by atoms with Gasteiger partial charge in [-0.05, 0) is 54.0 Å². The number of anilines is 1. The van der Waals surface area contributed by atoms with E-state index < -0.39 is 4.87 Å². The Morgan fingerprint density at radius 2 is 1.77 bits per heavy atom. The number of benzene rings is 3.